The smallest absolute Gasteiger partial charge is 0.253 e. The minimum atomic E-state index is -0.160. The molecule has 3 rings (SSSR count). The van der Waals surface area contributed by atoms with Crippen LogP contribution in [-0.2, 0) is 6.54 Å². The molecule has 1 amide bonds. The summed E-state index contributed by atoms with van der Waals surface area (Å²) in [5.74, 6) is 1.53. The van der Waals surface area contributed by atoms with E-state index < -0.39 is 0 Å². The number of aryl methyl sites for hydroxylation is 1. The van der Waals surface area contributed by atoms with E-state index in [0.29, 0.717) is 12.1 Å². The highest BCUT2D eigenvalue weighted by Gasteiger charge is 2.19. The molecule has 0 aliphatic carbocycles. The number of methoxy groups -OCH3 is 1. The Hall–Kier alpha value is -2.95. The Balaban J connectivity index is 1.80. The van der Waals surface area contributed by atoms with Crippen molar-refractivity contribution in [3.05, 3.63) is 77.0 Å². The maximum Gasteiger partial charge on any atom is 0.253 e. The van der Waals surface area contributed by atoms with E-state index >= 15 is 0 Å². The van der Waals surface area contributed by atoms with Gasteiger partial charge < -0.3 is 19.0 Å². The van der Waals surface area contributed by atoms with E-state index in [0.717, 1.165) is 28.5 Å². The first-order valence-corrected chi connectivity index (χ1v) is 8.64. The van der Waals surface area contributed by atoms with Crippen LogP contribution in [0.3, 0.4) is 0 Å². The van der Waals surface area contributed by atoms with Crippen LogP contribution in [0.2, 0.25) is 0 Å². The first kappa shape index (κ1) is 17.9. The molecule has 5 nitrogen and oxygen atoms in total. The number of carbonyl (C=O) groups excluding carboxylic acids is 1. The second-order valence-corrected chi connectivity index (χ2v) is 6.39. The van der Waals surface area contributed by atoms with Gasteiger partial charge in [-0.25, -0.2) is 0 Å². The van der Waals surface area contributed by atoms with Gasteiger partial charge in [-0.15, -0.1) is 0 Å². The average molecular weight is 352 g/mol. The van der Waals surface area contributed by atoms with Crippen LogP contribution in [0.5, 0.6) is 5.75 Å². The number of rotatable bonds is 6. The standard InChI is InChI=1S/C21H24N2O3/c1-14-12-19(16(3)23(14)13-17-8-7-11-26-17)21(24)22-15(2)18-9-5-6-10-20(18)25-4/h5-12,15H,13H2,1-4H3,(H,22,24). The Kier molecular flexibility index (Phi) is 5.16. The van der Waals surface area contributed by atoms with Crippen LogP contribution in [0.25, 0.3) is 0 Å². The number of nitrogens with zero attached hydrogens (tertiary/aromatic N) is 1. The molecule has 3 aromatic rings. The number of hydrogen-bond acceptors (Lipinski definition) is 3. The number of nitrogens with one attached hydrogen (secondary N) is 1. The molecular weight excluding hydrogens is 328 g/mol. The van der Waals surface area contributed by atoms with Gasteiger partial charge in [0.1, 0.15) is 11.5 Å². The zero-order chi connectivity index (χ0) is 18.7. The number of aromatic nitrogens is 1. The molecule has 2 aromatic heterocycles. The molecule has 5 heteroatoms. The largest absolute Gasteiger partial charge is 0.496 e. The monoisotopic (exact) mass is 352 g/mol. The van der Waals surface area contributed by atoms with Crippen molar-refractivity contribution >= 4 is 5.91 Å². The zero-order valence-corrected chi connectivity index (χ0v) is 15.6. The molecule has 0 fully saturated rings. The van der Waals surface area contributed by atoms with Gasteiger partial charge in [0.15, 0.2) is 0 Å². The Bertz CT molecular complexity index is 894. The first-order valence-electron chi connectivity index (χ1n) is 8.64. The third-order valence-corrected chi connectivity index (χ3v) is 4.67. The van der Waals surface area contributed by atoms with E-state index in [-0.39, 0.29) is 11.9 Å². The number of para-hydroxylation sites is 1. The summed E-state index contributed by atoms with van der Waals surface area (Å²) in [6, 6.07) is 13.3. The number of benzene rings is 1. The third kappa shape index (κ3) is 3.52. The van der Waals surface area contributed by atoms with E-state index in [4.69, 9.17) is 9.15 Å². The van der Waals surface area contributed by atoms with Gasteiger partial charge in [0.2, 0.25) is 0 Å². The second-order valence-electron chi connectivity index (χ2n) is 6.39. The Morgan fingerprint density at radius 2 is 2.00 bits per heavy atom. The molecule has 1 unspecified atom stereocenters. The van der Waals surface area contributed by atoms with E-state index in [1.165, 1.54) is 0 Å². The molecule has 0 saturated carbocycles. The van der Waals surface area contributed by atoms with Crippen LogP contribution < -0.4 is 10.1 Å². The lowest BCUT2D eigenvalue weighted by Gasteiger charge is -2.17. The molecule has 26 heavy (non-hydrogen) atoms. The topological polar surface area (TPSA) is 56.4 Å². The van der Waals surface area contributed by atoms with Crippen LogP contribution in [0.4, 0.5) is 0 Å². The fraction of sp³-hybridized carbons (Fsp3) is 0.286. The predicted molar refractivity (Wildman–Crippen MR) is 101 cm³/mol. The average Bonchev–Trinajstić information content (AvgIpc) is 3.25. The molecule has 0 bridgehead atoms. The lowest BCUT2D eigenvalue weighted by molar-refractivity contribution is 0.0938. The normalized spacial score (nSPS) is 12.0. The minimum Gasteiger partial charge on any atom is -0.496 e. The molecule has 1 aromatic carbocycles. The van der Waals surface area contributed by atoms with Crippen LogP contribution in [0.15, 0.2) is 53.1 Å². The van der Waals surface area contributed by atoms with Crippen molar-refractivity contribution in [3.8, 4) is 5.75 Å². The molecule has 0 aliphatic rings. The maximum atomic E-state index is 12.8. The van der Waals surface area contributed by atoms with Crippen molar-refractivity contribution in [2.45, 2.75) is 33.4 Å². The van der Waals surface area contributed by atoms with Crippen molar-refractivity contribution in [2.75, 3.05) is 7.11 Å². The van der Waals surface area contributed by atoms with Crippen molar-refractivity contribution in [3.63, 3.8) is 0 Å². The quantitative estimate of drug-likeness (QED) is 0.722. The SMILES string of the molecule is COc1ccccc1C(C)NC(=O)c1cc(C)n(Cc2ccco2)c1C. The summed E-state index contributed by atoms with van der Waals surface area (Å²) in [5, 5.41) is 3.07. The van der Waals surface area contributed by atoms with Crippen LogP contribution >= 0.6 is 0 Å². The first-order chi connectivity index (χ1) is 12.5. The van der Waals surface area contributed by atoms with Gasteiger partial charge in [-0.2, -0.15) is 0 Å². The fourth-order valence-electron chi connectivity index (χ4n) is 3.21. The molecule has 1 N–H and O–H groups in total. The molecule has 1 atom stereocenters. The number of ether oxygens (including phenoxy) is 1. The van der Waals surface area contributed by atoms with Gasteiger partial charge in [-0.3, -0.25) is 4.79 Å². The lowest BCUT2D eigenvalue weighted by atomic mass is 10.1. The summed E-state index contributed by atoms with van der Waals surface area (Å²) >= 11 is 0. The number of amides is 1. The summed E-state index contributed by atoms with van der Waals surface area (Å²) < 4.78 is 12.9. The number of hydrogen-bond donors (Lipinski definition) is 1. The third-order valence-electron chi connectivity index (χ3n) is 4.67. The summed E-state index contributed by atoms with van der Waals surface area (Å²) in [6.07, 6.45) is 1.66. The molecule has 0 radical (unpaired) electrons. The van der Waals surface area contributed by atoms with Crippen molar-refractivity contribution in [1.82, 2.24) is 9.88 Å². The van der Waals surface area contributed by atoms with Gasteiger partial charge >= 0.3 is 0 Å². The zero-order valence-electron chi connectivity index (χ0n) is 15.6. The van der Waals surface area contributed by atoms with E-state index in [1.807, 2.05) is 63.2 Å². The van der Waals surface area contributed by atoms with Crippen LogP contribution in [0, 0.1) is 13.8 Å². The van der Waals surface area contributed by atoms with Crippen LogP contribution in [-0.4, -0.2) is 17.6 Å². The lowest BCUT2D eigenvalue weighted by Crippen LogP contribution is -2.27. The van der Waals surface area contributed by atoms with Gasteiger partial charge in [0.25, 0.3) is 5.91 Å². The van der Waals surface area contributed by atoms with Crippen molar-refractivity contribution < 1.29 is 13.9 Å². The molecule has 0 saturated heterocycles. The Morgan fingerprint density at radius 1 is 1.23 bits per heavy atom. The highest BCUT2D eigenvalue weighted by atomic mass is 16.5. The molecule has 0 spiro atoms. The highest BCUT2D eigenvalue weighted by molar-refractivity contribution is 5.96. The van der Waals surface area contributed by atoms with E-state index in [1.54, 1.807) is 13.4 Å². The highest BCUT2D eigenvalue weighted by Crippen LogP contribution is 2.25. The Labute approximate surface area is 153 Å². The minimum absolute atomic E-state index is 0.0952. The summed E-state index contributed by atoms with van der Waals surface area (Å²) in [5.41, 5.74) is 3.57. The van der Waals surface area contributed by atoms with E-state index in [2.05, 4.69) is 9.88 Å². The van der Waals surface area contributed by atoms with Gasteiger partial charge in [0, 0.05) is 17.0 Å². The second kappa shape index (κ2) is 7.52. The van der Waals surface area contributed by atoms with E-state index in [9.17, 15) is 4.79 Å². The summed E-state index contributed by atoms with van der Waals surface area (Å²) in [4.78, 5) is 12.8. The molecule has 136 valence electrons. The molecular formula is C21H24N2O3. The predicted octanol–water partition coefficient (Wildman–Crippen LogP) is 4.25. The number of furan rings is 1. The fourth-order valence-corrected chi connectivity index (χ4v) is 3.21. The van der Waals surface area contributed by atoms with Gasteiger partial charge in [-0.1, -0.05) is 18.2 Å². The molecule has 2 heterocycles. The maximum absolute atomic E-state index is 12.8. The van der Waals surface area contributed by atoms with Gasteiger partial charge in [-0.05, 0) is 45.0 Å². The van der Waals surface area contributed by atoms with Crippen LogP contribution in [0.1, 0.15) is 46.0 Å². The number of carbonyl (C=O) groups is 1. The van der Waals surface area contributed by atoms with Crippen molar-refractivity contribution in [2.24, 2.45) is 0 Å². The van der Waals surface area contributed by atoms with Gasteiger partial charge in [0.05, 0.1) is 31.5 Å². The summed E-state index contributed by atoms with van der Waals surface area (Å²) in [6.45, 7) is 6.52. The summed E-state index contributed by atoms with van der Waals surface area (Å²) in [7, 11) is 1.63. The van der Waals surface area contributed by atoms with Crippen molar-refractivity contribution in [1.29, 1.82) is 0 Å². The Morgan fingerprint density at radius 3 is 2.69 bits per heavy atom. The molecule has 0 aliphatic heterocycles.